The van der Waals surface area contributed by atoms with Crippen LogP contribution >= 0.6 is 11.6 Å². The number of aromatic nitrogens is 2. The van der Waals surface area contributed by atoms with E-state index in [-0.39, 0.29) is 17.2 Å². The number of aromatic amines is 1. The monoisotopic (exact) mass is 473 g/mol. The van der Waals surface area contributed by atoms with Gasteiger partial charge in [0.15, 0.2) is 11.5 Å². The molecule has 3 aromatic carbocycles. The molecule has 0 radical (unpaired) electrons. The molecule has 0 saturated carbocycles. The smallest absolute Gasteiger partial charge is 0.416 e. The van der Waals surface area contributed by atoms with Gasteiger partial charge in [0.1, 0.15) is 19.0 Å². The quantitative estimate of drug-likeness (QED) is 0.387. The second-order valence-corrected chi connectivity index (χ2v) is 7.73. The molecular formula is C23H15ClF3N3O3. The second kappa shape index (κ2) is 8.00. The topological polar surface area (TPSA) is 76.2 Å². The summed E-state index contributed by atoms with van der Waals surface area (Å²) < 4.78 is 50.0. The van der Waals surface area contributed by atoms with Gasteiger partial charge in [0.05, 0.1) is 21.6 Å². The Morgan fingerprint density at radius 1 is 1.00 bits per heavy atom. The van der Waals surface area contributed by atoms with E-state index in [0.29, 0.717) is 52.1 Å². The predicted molar refractivity (Wildman–Crippen MR) is 117 cm³/mol. The summed E-state index contributed by atoms with van der Waals surface area (Å²) in [5, 5.41) is 3.10. The number of anilines is 1. The van der Waals surface area contributed by atoms with Crippen molar-refractivity contribution in [3.63, 3.8) is 0 Å². The summed E-state index contributed by atoms with van der Waals surface area (Å²) in [5.74, 6) is 0.973. The molecule has 1 amide bonds. The lowest BCUT2D eigenvalue weighted by Crippen LogP contribution is -2.17. The van der Waals surface area contributed by atoms with Crippen LogP contribution < -0.4 is 14.8 Å². The van der Waals surface area contributed by atoms with Gasteiger partial charge in [0.2, 0.25) is 0 Å². The maximum absolute atomic E-state index is 13.0. The standard InChI is InChI=1S/C23H15ClF3N3O3/c24-16-4-3-14(28-22(31)12-1-6-19-20(9-12)33-8-7-32-19)11-15(16)21-29-17-5-2-13(23(25,26)27)10-18(17)30-21/h1-6,9-11H,7-8H2,(H,28,31)(H,29,30). The molecule has 0 spiro atoms. The number of nitrogens with zero attached hydrogens (tertiary/aromatic N) is 1. The summed E-state index contributed by atoms with van der Waals surface area (Å²) in [6.07, 6.45) is -4.46. The number of amides is 1. The summed E-state index contributed by atoms with van der Waals surface area (Å²) in [4.78, 5) is 20.0. The van der Waals surface area contributed by atoms with Crippen molar-refractivity contribution < 1.29 is 27.4 Å². The van der Waals surface area contributed by atoms with Crippen molar-refractivity contribution in [2.24, 2.45) is 0 Å². The van der Waals surface area contributed by atoms with Crippen LogP contribution in [0.2, 0.25) is 5.02 Å². The summed E-state index contributed by atoms with van der Waals surface area (Å²) in [6.45, 7) is 0.853. The van der Waals surface area contributed by atoms with E-state index >= 15 is 0 Å². The van der Waals surface area contributed by atoms with Crippen molar-refractivity contribution in [3.8, 4) is 22.9 Å². The Bertz CT molecular complexity index is 1380. The zero-order valence-electron chi connectivity index (χ0n) is 16.8. The lowest BCUT2D eigenvalue weighted by molar-refractivity contribution is -0.137. The molecule has 10 heteroatoms. The van der Waals surface area contributed by atoms with Gasteiger partial charge in [0.25, 0.3) is 5.91 Å². The molecule has 0 saturated heterocycles. The van der Waals surface area contributed by atoms with Crippen LogP contribution in [0.5, 0.6) is 11.5 Å². The average Bonchev–Trinajstić information content (AvgIpc) is 3.22. The molecule has 1 aliphatic rings. The molecule has 0 aliphatic carbocycles. The minimum atomic E-state index is -4.46. The van der Waals surface area contributed by atoms with Gasteiger partial charge in [-0.1, -0.05) is 11.6 Å². The molecule has 6 nitrogen and oxygen atoms in total. The number of carbonyl (C=O) groups is 1. The number of halogens is 4. The Morgan fingerprint density at radius 3 is 2.58 bits per heavy atom. The van der Waals surface area contributed by atoms with Crippen molar-refractivity contribution in [2.75, 3.05) is 18.5 Å². The van der Waals surface area contributed by atoms with E-state index in [1.54, 1.807) is 36.4 Å². The molecule has 0 unspecified atom stereocenters. The van der Waals surface area contributed by atoms with Crippen LogP contribution in [-0.2, 0) is 6.18 Å². The van der Waals surface area contributed by atoms with Crippen molar-refractivity contribution in [1.29, 1.82) is 0 Å². The van der Waals surface area contributed by atoms with E-state index in [0.717, 1.165) is 12.1 Å². The number of hydrogen-bond donors (Lipinski definition) is 2. The molecule has 0 atom stereocenters. The highest BCUT2D eigenvalue weighted by atomic mass is 35.5. The van der Waals surface area contributed by atoms with Crippen LogP contribution in [0.4, 0.5) is 18.9 Å². The van der Waals surface area contributed by atoms with E-state index in [9.17, 15) is 18.0 Å². The molecule has 0 bridgehead atoms. The Labute approximate surface area is 190 Å². The first-order valence-electron chi connectivity index (χ1n) is 9.86. The highest BCUT2D eigenvalue weighted by Gasteiger charge is 2.30. The maximum atomic E-state index is 13.0. The summed E-state index contributed by atoms with van der Waals surface area (Å²) in [6, 6.07) is 12.9. The van der Waals surface area contributed by atoms with E-state index in [1.165, 1.54) is 6.07 Å². The van der Waals surface area contributed by atoms with E-state index < -0.39 is 11.7 Å². The summed E-state index contributed by atoms with van der Waals surface area (Å²) >= 11 is 6.31. The fourth-order valence-corrected chi connectivity index (χ4v) is 3.69. The van der Waals surface area contributed by atoms with Crippen LogP contribution in [0.1, 0.15) is 15.9 Å². The Balaban J connectivity index is 1.43. The normalized spacial score (nSPS) is 13.2. The van der Waals surface area contributed by atoms with E-state index in [2.05, 4.69) is 15.3 Å². The van der Waals surface area contributed by atoms with Crippen LogP contribution in [0, 0.1) is 0 Å². The molecule has 33 heavy (non-hydrogen) atoms. The Hall–Kier alpha value is -3.72. The molecule has 4 aromatic rings. The number of ether oxygens (including phenoxy) is 2. The van der Waals surface area contributed by atoms with Gasteiger partial charge in [-0.15, -0.1) is 0 Å². The number of nitrogens with one attached hydrogen (secondary N) is 2. The van der Waals surface area contributed by atoms with Gasteiger partial charge in [0, 0.05) is 16.8 Å². The first-order chi connectivity index (χ1) is 15.8. The Kier molecular flexibility index (Phi) is 5.13. The minimum absolute atomic E-state index is 0.224. The molecule has 5 rings (SSSR count). The van der Waals surface area contributed by atoms with Crippen molar-refractivity contribution >= 4 is 34.2 Å². The fraction of sp³-hybridized carbons (Fsp3) is 0.130. The third-order valence-corrected chi connectivity index (χ3v) is 5.42. The highest BCUT2D eigenvalue weighted by molar-refractivity contribution is 6.33. The predicted octanol–water partition coefficient (Wildman–Crippen LogP) is 5.93. The second-order valence-electron chi connectivity index (χ2n) is 7.32. The lowest BCUT2D eigenvalue weighted by atomic mass is 10.1. The number of alkyl halides is 3. The van der Waals surface area contributed by atoms with Crippen molar-refractivity contribution in [2.45, 2.75) is 6.18 Å². The van der Waals surface area contributed by atoms with Gasteiger partial charge in [-0.2, -0.15) is 13.2 Å². The van der Waals surface area contributed by atoms with Crippen LogP contribution in [0.15, 0.2) is 54.6 Å². The summed E-state index contributed by atoms with van der Waals surface area (Å²) in [7, 11) is 0. The first-order valence-corrected chi connectivity index (χ1v) is 10.2. The van der Waals surface area contributed by atoms with E-state index in [4.69, 9.17) is 21.1 Å². The molecule has 1 aliphatic heterocycles. The third kappa shape index (κ3) is 4.19. The van der Waals surface area contributed by atoms with Crippen molar-refractivity contribution in [3.05, 3.63) is 70.7 Å². The summed E-state index contributed by atoms with van der Waals surface area (Å²) in [5.41, 5.74) is 1.05. The van der Waals surface area contributed by atoms with Gasteiger partial charge in [-0.25, -0.2) is 4.98 Å². The zero-order chi connectivity index (χ0) is 23.2. The maximum Gasteiger partial charge on any atom is 0.416 e. The number of imidazole rings is 1. The average molecular weight is 474 g/mol. The van der Waals surface area contributed by atoms with Gasteiger partial charge >= 0.3 is 6.18 Å². The van der Waals surface area contributed by atoms with E-state index in [1.807, 2.05) is 0 Å². The number of rotatable bonds is 3. The van der Waals surface area contributed by atoms with Crippen molar-refractivity contribution in [1.82, 2.24) is 9.97 Å². The number of hydrogen-bond acceptors (Lipinski definition) is 4. The van der Waals surface area contributed by atoms with Crippen LogP contribution in [0.25, 0.3) is 22.4 Å². The highest BCUT2D eigenvalue weighted by Crippen LogP contribution is 2.34. The largest absolute Gasteiger partial charge is 0.486 e. The minimum Gasteiger partial charge on any atom is -0.486 e. The molecule has 168 valence electrons. The van der Waals surface area contributed by atoms with Gasteiger partial charge in [-0.05, 0) is 54.6 Å². The number of fused-ring (bicyclic) bond motifs is 2. The third-order valence-electron chi connectivity index (χ3n) is 5.09. The zero-order valence-corrected chi connectivity index (χ0v) is 17.6. The lowest BCUT2D eigenvalue weighted by Gasteiger charge is -2.18. The van der Waals surface area contributed by atoms with Crippen LogP contribution in [-0.4, -0.2) is 29.1 Å². The molecule has 2 N–H and O–H groups in total. The molecule has 1 aromatic heterocycles. The number of benzene rings is 3. The van der Waals surface area contributed by atoms with Crippen LogP contribution in [0.3, 0.4) is 0 Å². The molecule has 0 fully saturated rings. The SMILES string of the molecule is O=C(Nc1ccc(Cl)c(-c2nc3ccc(C(F)(F)F)cc3[nH]2)c1)c1ccc2c(c1)OCCO2. The fourth-order valence-electron chi connectivity index (χ4n) is 3.49. The number of H-pyrrole nitrogens is 1. The number of carbonyl (C=O) groups excluding carboxylic acids is 1. The molecule has 2 heterocycles. The molecular weight excluding hydrogens is 459 g/mol. The Morgan fingerprint density at radius 2 is 1.79 bits per heavy atom. The van der Waals surface area contributed by atoms with Gasteiger partial charge < -0.3 is 19.8 Å². The first kappa shape index (κ1) is 21.1. The van der Waals surface area contributed by atoms with Gasteiger partial charge in [-0.3, -0.25) is 4.79 Å².